The molecule has 14 heavy (non-hydrogen) atoms. The summed E-state index contributed by atoms with van der Waals surface area (Å²) in [7, 11) is 4.11. The van der Waals surface area contributed by atoms with Crippen molar-refractivity contribution in [3.8, 4) is 0 Å². The largest absolute Gasteiger partial charge is 0.338 e. The predicted molar refractivity (Wildman–Crippen MR) is 59.5 cm³/mol. The van der Waals surface area contributed by atoms with E-state index in [-0.39, 0.29) is 12.1 Å². The van der Waals surface area contributed by atoms with Gasteiger partial charge >= 0.3 is 6.03 Å². The third-order valence-corrected chi connectivity index (χ3v) is 1.74. The fourth-order valence-corrected chi connectivity index (χ4v) is 1.07. The van der Waals surface area contributed by atoms with Gasteiger partial charge in [-0.3, -0.25) is 0 Å². The molecule has 4 heteroatoms. The number of hydrogen-bond donors (Lipinski definition) is 2. The molecule has 0 aliphatic carbocycles. The van der Waals surface area contributed by atoms with Gasteiger partial charge in [-0.15, -0.1) is 0 Å². The molecular formula is C10H23N3O. The highest BCUT2D eigenvalue weighted by Crippen LogP contribution is 1.88. The van der Waals surface area contributed by atoms with Gasteiger partial charge < -0.3 is 15.5 Å². The third-order valence-electron chi connectivity index (χ3n) is 1.74. The van der Waals surface area contributed by atoms with Crippen molar-refractivity contribution < 1.29 is 4.79 Å². The van der Waals surface area contributed by atoms with Gasteiger partial charge in [0.1, 0.15) is 0 Å². The quantitative estimate of drug-likeness (QED) is 0.631. The van der Waals surface area contributed by atoms with Crippen LogP contribution in [0.15, 0.2) is 0 Å². The molecular weight excluding hydrogens is 178 g/mol. The molecule has 0 atom stereocenters. The van der Waals surface area contributed by atoms with Gasteiger partial charge in [-0.2, -0.15) is 0 Å². The molecule has 0 saturated carbocycles. The van der Waals surface area contributed by atoms with E-state index in [1.807, 2.05) is 13.8 Å². The van der Waals surface area contributed by atoms with E-state index in [0.717, 1.165) is 25.9 Å². The summed E-state index contributed by atoms with van der Waals surface area (Å²) in [6.07, 6.45) is 2.15. The minimum Gasteiger partial charge on any atom is -0.338 e. The van der Waals surface area contributed by atoms with E-state index in [4.69, 9.17) is 0 Å². The van der Waals surface area contributed by atoms with Crippen LogP contribution in [0.4, 0.5) is 4.79 Å². The Kier molecular flexibility index (Phi) is 7.20. The first-order valence-corrected chi connectivity index (χ1v) is 5.21. The van der Waals surface area contributed by atoms with Gasteiger partial charge in [0, 0.05) is 12.6 Å². The maximum absolute atomic E-state index is 11.1. The van der Waals surface area contributed by atoms with Crippen molar-refractivity contribution in [2.75, 3.05) is 27.2 Å². The van der Waals surface area contributed by atoms with E-state index < -0.39 is 0 Å². The lowest BCUT2D eigenvalue weighted by Gasteiger charge is -2.11. The molecule has 0 heterocycles. The molecule has 0 radical (unpaired) electrons. The van der Waals surface area contributed by atoms with Gasteiger partial charge in [0.15, 0.2) is 0 Å². The average molecular weight is 201 g/mol. The van der Waals surface area contributed by atoms with Crippen LogP contribution in [0, 0.1) is 0 Å². The van der Waals surface area contributed by atoms with Gasteiger partial charge in [-0.25, -0.2) is 4.79 Å². The van der Waals surface area contributed by atoms with E-state index in [1.54, 1.807) is 0 Å². The van der Waals surface area contributed by atoms with Crippen LogP contribution in [0.5, 0.6) is 0 Å². The number of amides is 2. The maximum atomic E-state index is 11.1. The summed E-state index contributed by atoms with van der Waals surface area (Å²) < 4.78 is 0. The van der Waals surface area contributed by atoms with Crippen molar-refractivity contribution in [1.82, 2.24) is 15.5 Å². The zero-order chi connectivity index (χ0) is 11.0. The predicted octanol–water partition coefficient (Wildman–Crippen LogP) is 1.04. The highest BCUT2D eigenvalue weighted by molar-refractivity contribution is 5.73. The van der Waals surface area contributed by atoms with Crippen LogP contribution in [-0.2, 0) is 0 Å². The molecule has 0 aromatic carbocycles. The van der Waals surface area contributed by atoms with Crippen LogP contribution in [0.3, 0.4) is 0 Å². The molecule has 0 unspecified atom stereocenters. The van der Waals surface area contributed by atoms with Crippen LogP contribution >= 0.6 is 0 Å². The Bertz CT molecular complexity index is 157. The van der Waals surface area contributed by atoms with E-state index >= 15 is 0 Å². The fraction of sp³-hybridized carbons (Fsp3) is 0.900. The van der Waals surface area contributed by atoms with E-state index in [2.05, 4.69) is 29.6 Å². The molecule has 0 spiro atoms. The second kappa shape index (κ2) is 7.62. The number of unbranched alkanes of at least 4 members (excludes halogenated alkanes) is 1. The monoisotopic (exact) mass is 201 g/mol. The number of nitrogens with one attached hydrogen (secondary N) is 2. The summed E-state index contributed by atoms with van der Waals surface area (Å²) in [5.74, 6) is 0. The molecule has 0 aliphatic heterocycles. The molecule has 2 amide bonds. The zero-order valence-electron chi connectivity index (χ0n) is 9.76. The molecule has 0 aliphatic rings. The van der Waals surface area contributed by atoms with Gasteiger partial charge in [0.05, 0.1) is 0 Å². The fourth-order valence-electron chi connectivity index (χ4n) is 1.07. The summed E-state index contributed by atoms with van der Waals surface area (Å²) in [5.41, 5.74) is 0. The van der Waals surface area contributed by atoms with E-state index in [1.165, 1.54) is 0 Å². The molecule has 0 bridgehead atoms. The van der Waals surface area contributed by atoms with Crippen molar-refractivity contribution in [2.45, 2.75) is 32.7 Å². The van der Waals surface area contributed by atoms with Crippen LogP contribution in [-0.4, -0.2) is 44.2 Å². The number of carbonyl (C=O) groups excluding carboxylic acids is 1. The van der Waals surface area contributed by atoms with Crippen molar-refractivity contribution in [2.24, 2.45) is 0 Å². The van der Waals surface area contributed by atoms with Crippen LogP contribution < -0.4 is 10.6 Å². The van der Waals surface area contributed by atoms with Crippen molar-refractivity contribution >= 4 is 6.03 Å². The zero-order valence-corrected chi connectivity index (χ0v) is 9.76. The van der Waals surface area contributed by atoms with E-state index in [9.17, 15) is 4.79 Å². The lowest BCUT2D eigenvalue weighted by Crippen LogP contribution is -2.39. The SMILES string of the molecule is CC(C)NC(=O)NCCCCN(C)C. The molecule has 0 aromatic heterocycles. The Balaban J connectivity index is 3.23. The molecule has 4 nitrogen and oxygen atoms in total. The highest BCUT2D eigenvalue weighted by Gasteiger charge is 2.00. The van der Waals surface area contributed by atoms with Gasteiger partial charge in [0.25, 0.3) is 0 Å². The second-order valence-corrected chi connectivity index (χ2v) is 4.07. The topological polar surface area (TPSA) is 44.4 Å². The summed E-state index contributed by atoms with van der Waals surface area (Å²) in [5, 5.41) is 5.60. The first-order valence-electron chi connectivity index (χ1n) is 5.21. The Hall–Kier alpha value is -0.770. The minimum atomic E-state index is -0.0650. The van der Waals surface area contributed by atoms with Crippen molar-refractivity contribution in [3.63, 3.8) is 0 Å². The number of urea groups is 1. The highest BCUT2D eigenvalue weighted by atomic mass is 16.2. The molecule has 0 saturated heterocycles. The number of rotatable bonds is 6. The molecule has 84 valence electrons. The van der Waals surface area contributed by atoms with Crippen molar-refractivity contribution in [1.29, 1.82) is 0 Å². The Labute approximate surface area is 87.0 Å². The Morgan fingerprint density at radius 3 is 2.43 bits per heavy atom. The maximum Gasteiger partial charge on any atom is 0.314 e. The summed E-state index contributed by atoms with van der Waals surface area (Å²) in [6.45, 7) is 5.73. The minimum absolute atomic E-state index is 0.0650. The van der Waals surface area contributed by atoms with Crippen LogP contribution in [0.25, 0.3) is 0 Å². The second-order valence-electron chi connectivity index (χ2n) is 4.07. The first-order chi connectivity index (χ1) is 6.52. The van der Waals surface area contributed by atoms with Crippen molar-refractivity contribution in [3.05, 3.63) is 0 Å². The first kappa shape index (κ1) is 13.2. The lowest BCUT2D eigenvalue weighted by molar-refractivity contribution is 0.238. The average Bonchev–Trinajstić information content (AvgIpc) is 2.01. The van der Waals surface area contributed by atoms with Gasteiger partial charge in [-0.1, -0.05) is 0 Å². The standard InChI is InChI=1S/C10H23N3O/c1-9(2)12-10(14)11-7-5-6-8-13(3)4/h9H,5-8H2,1-4H3,(H2,11,12,14). The molecule has 0 aromatic rings. The third kappa shape index (κ3) is 9.32. The normalized spacial score (nSPS) is 10.7. The number of carbonyl (C=O) groups is 1. The number of hydrogen-bond acceptors (Lipinski definition) is 2. The Morgan fingerprint density at radius 2 is 1.93 bits per heavy atom. The lowest BCUT2D eigenvalue weighted by atomic mass is 10.3. The summed E-state index contributed by atoms with van der Waals surface area (Å²) in [6, 6.07) is 0.140. The Morgan fingerprint density at radius 1 is 1.29 bits per heavy atom. The molecule has 2 N–H and O–H groups in total. The smallest absolute Gasteiger partial charge is 0.314 e. The molecule has 0 fully saturated rings. The van der Waals surface area contributed by atoms with Crippen LogP contribution in [0.2, 0.25) is 0 Å². The van der Waals surface area contributed by atoms with E-state index in [0.29, 0.717) is 0 Å². The number of nitrogens with zero attached hydrogens (tertiary/aromatic N) is 1. The van der Waals surface area contributed by atoms with Gasteiger partial charge in [0.2, 0.25) is 0 Å². The van der Waals surface area contributed by atoms with Crippen LogP contribution in [0.1, 0.15) is 26.7 Å². The van der Waals surface area contributed by atoms with Gasteiger partial charge in [-0.05, 0) is 47.3 Å². The molecule has 0 rings (SSSR count). The summed E-state index contributed by atoms with van der Waals surface area (Å²) >= 11 is 0. The summed E-state index contributed by atoms with van der Waals surface area (Å²) in [4.78, 5) is 13.3.